The fraction of sp³-hybridized carbons (Fsp3) is 0.647. The zero-order valence-electron chi connectivity index (χ0n) is 12.0. The summed E-state index contributed by atoms with van der Waals surface area (Å²) in [7, 11) is 0. The van der Waals surface area contributed by atoms with Gasteiger partial charge in [-0.15, -0.1) is 0 Å². The molecule has 104 valence electrons. The largest absolute Gasteiger partial charge is 0.378 e. The monoisotopic (exact) mass is 258 g/mol. The highest BCUT2D eigenvalue weighted by Gasteiger charge is 2.41. The van der Waals surface area contributed by atoms with E-state index in [1.807, 2.05) is 0 Å². The van der Waals surface area contributed by atoms with Gasteiger partial charge in [0.2, 0.25) is 0 Å². The third-order valence-electron chi connectivity index (χ3n) is 4.99. The standard InChI is InChI=1S/C17H26N2/c1-13-4-2-6-16(10-13)19-17(12-18)9-3-5-15(11-17)14-7-8-14/h2,4,6,10,14-15,19H,3,5,7-9,11-12,18H2,1H3. The molecule has 2 heteroatoms. The van der Waals surface area contributed by atoms with Crippen LogP contribution in [0.2, 0.25) is 0 Å². The van der Waals surface area contributed by atoms with E-state index in [0.717, 1.165) is 18.4 Å². The van der Waals surface area contributed by atoms with Gasteiger partial charge in [0.25, 0.3) is 0 Å². The maximum atomic E-state index is 6.14. The molecule has 0 amide bonds. The molecule has 2 atom stereocenters. The van der Waals surface area contributed by atoms with Crippen LogP contribution in [0.1, 0.15) is 44.1 Å². The molecule has 0 heterocycles. The van der Waals surface area contributed by atoms with E-state index in [4.69, 9.17) is 5.73 Å². The van der Waals surface area contributed by atoms with Gasteiger partial charge >= 0.3 is 0 Å². The number of hydrogen-bond acceptors (Lipinski definition) is 2. The average Bonchev–Trinajstić information content (AvgIpc) is 3.23. The van der Waals surface area contributed by atoms with Crippen molar-refractivity contribution in [1.82, 2.24) is 0 Å². The minimum Gasteiger partial charge on any atom is -0.378 e. The molecule has 3 N–H and O–H groups in total. The minimum atomic E-state index is 0.138. The Balaban J connectivity index is 1.74. The number of hydrogen-bond donors (Lipinski definition) is 2. The highest BCUT2D eigenvalue weighted by molar-refractivity contribution is 5.48. The molecule has 0 aromatic heterocycles. The van der Waals surface area contributed by atoms with Gasteiger partial charge in [-0.25, -0.2) is 0 Å². The Morgan fingerprint density at radius 1 is 1.26 bits per heavy atom. The number of anilines is 1. The van der Waals surface area contributed by atoms with Crippen LogP contribution in [0.3, 0.4) is 0 Å². The molecule has 2 fully saturated rings. The van der Waals surface area contributed by atoms with Crippen LogP contribution in [-0.4, -0.2) is 12.1 Å². The van der Waals surface area contributed by atoms with Gasteiger partial charge in [0, 0.05) is 17.8 Å². The fourth-order valence-electron chi connectivity index (χ4n) is 3.76. The highest BCUT2D eigenvalue weighted by Crippen LogP contribution is 2.47. The third-order valence-corrected chi connectivity index (χ3v) is 4.99. The molecule has 0 radical (unpaired) electrons. The normalized spacial score (nSPS) is 31.2. The lowest BCUT2D eigenvalue weighted by Gasteiger charge is -2.42. The van der Waals surface area contributed by atoms with Crippen LogP contribution in [0.25, 0.3) is 0 Å². The van der Waals surface area contributed by atoms with Crippen molar-refractivity contribution >= 4 is 5.69 Å². The molecular formula is C17H26N2. The Morgan fingerprint density at radius 3 is 2.79 bits per heavy atom. The quantitative estimate of drug-likeness (QED) is 0.864. The van der Waals surface area contributed by atoms with Crippen molar-refractivity contribution in [2.75, 3.05) is 11.9 Å². The van der Waals surface area contributed by atoms with Crippen LogP contribution in [-0.2, 0) is 0 Å². The van der Waals surface area contributed by atoms with E-state index in [-0.39, 0.29) is 5.54 Å². The maximum Gasteiger partial charge on any atom is 0.0498 e. The maximum absolute atomic E-state index is 6.14. The molecule has 2 nitrogen and oxygen atoms in total. The van der Waals surface area contributed by atoms with Gasteiger partial charge in [0.15, 0.2) is 0 Å². The van der Waals surface area contributed by atoms with Crippen LogP contribution in [0, 0.1) is 18.8 Å². The molecule has 1 aromatic carbocycles. The van der Waals surface area contributed by atoms with E-state index in [0.29, 0.717) is 0 Å². The summed E-state index contributed by atoms with van der Waals surface area (Å²) in [6, 6.07) is 8.68. The van der Waals surface area contributed by atoms with Gasteiger partial charge in [-0.3, -0.25) is 0 Å². The second-order valence-corrected chi connectivity index (χ2v) is 6.67. The molecule has 0 aliphatic heterocycles. The molecule has 2 aliphatic carbocycles. The second kappa shape index (κ2) is 5.16. The predicted octanol–water partition coefficient (Wildman–Crippen LogP) is 3.70. The Kier molecular flexibility index (Phi) is 3.53. The molecule has 0 bridgehead atoms. The van der Waals surface area contributed by atoms with E-state index < -0.39 is 0 Å². The molecule has 0 saturated heterocycles. The molecule has 19 heavy (non-hydrogen) atoms. The van der Waals surface area contributed by atoms with Gasteiger partial charge in [-0.2, -0.15) is 0 Å². The minimum absolute atomic E-state index is 0.138. The first kappa shape index (κ1) is 13.0. The Labute approximate surface area is 116 Å². The summed E-state index contributed by atoms with van der Waals surface area (Å²) in [5, 5.41) is 3.77. The van der Waals surface area contributed by atoms with E-state index in [1.165, 1.54) is 49.8 Å². The van der Waals surface area contributed by atoms with Gasteiger partial charge in [0.05, 0.1) is 0 Å². The summed E-state index contributed by atoms with van der Waals surface area (Å²) in [5.41, 5.74) is 8.83. The van der Waals surface area contributed by atoms with Crippen molar-refractivity contribution in [3.05, 3.63) is 29.8 Å². The first-order valence-electron chi connectivity index (χ1n) is 7.76. The topological polar surface area (TPSA) is 38.0 Å². The lowest BCUT2D eigenvalue weighted by molar-refractivity contribution is 0.228. The van der Waals surface area contributed by atoms with Crippen LogP contribution >= 0.6 is 0 Å². The predicted molar refractivity (Wildman–Crippen MR) is 81.3 cm³/mol. The molecule has 2 saturated carbocycles. The fourth-order valence-corrected chi connectivity index (χ4v) is 3.76. The zero-order chi connectivity index (χ0) is 13.3. The Hall–Kier alpha value is -1.02. The summed E-state index contributed by atoms with van der Waals surface area (Å²) in [6.07, 6.45) is 8.15. The molecule has 1 aromatic rings. The smallest absolute Gasteiger partial charge is 0.0498 e. The van der Waals surface area contributed by atoms with Crippen LogP contribution in [0.5, 0.6) is 0 Å². The van der Waals surface area contributed by atoms with Gasteiger partial charge in [0.1, 0.15) is 0 Å². The van der Waals surface area contributed by atoms with Crippen molar-refractivity contribution in [3.63, 3.8) is 0 Å². The Bertz CT molecular complexity index is 439. The van der Waals surface area contributed by atoms with E-state index in [9.17, 15) is 0 Å². The van der Waals surface area contributed by atoms with Crippen molar-refractivity contribution in [3.8, 4) is 0 Å². The third kappa shape index (κ3) is 2.94. The molecular weight excluding hydrogens is 232 g/mol. The van der Waals surface area contributed by atoms with Crippen LogP contribution < -0.4 is 11.1 Å². The second-order valence-electron chi connectivity index (χ2n) is 6.67. The summed E-state index contributed by atoms with van der Waals surface area (Å²) < 4.78 is 0. The van der Waals surface area contributed by atoms with Crippen LogP contribution in [0.4, 0.5) is 5.69 Å². The highest BCUT2D eigenvalue weighted by atomic mass is 15.0. The summed E-state index contributed by atoms with van der Waals surface area (Å²) >= 11 is 0. The van der Waals surface area contributed by atoms with Crippen molar-refractivity contribution < 1.29 is 0 Å². The number of aryl methyl sites for hydroxylation is 1. The first-order valence-corrected chi connectivity index (χ1v) is 7.76. The van der Waals surface area contributed by atoms with E-state index in [2.05, 4.69) is 36.5 Å². The SMILES string of the molecule is Cc1cccc(NC2(CN)CCCC(C3CC3)C2)c1. The van der Waals surface area contributed by atoms with Crippen molar-refractivity contribution in [2.45, 2.75) is 51.0 Å². The summed E-state index contributed by atoms with van der Waals surface area (Å²) in [5.74, 6) is 1.92. The first-order chi connectivity index (χ1) is 9.21. The molecule has 3 rings (SSSR count). The lowest BCUT2D eigenvalue weighted by Crippen LogP contribution is -2.49. The Morgan fingerprint density at radius 2 is 2.11 bits per heavy atom. The number of nitrogens with one attached hydrogen (secondary N) is 1. The summed E-state index contributed by atoms with van der Waals surface area (Å²) in [4.78, 5) is 0. The summed E-state index contributed by atoms with van der Waals surface area (Å²) in [6.45, 7) is 2.90. The number of nitrogens with two attached hydrogens (primary N) is 1. The van der Waals surface area contributed by atoms with E-state index >= 15 is 0 Å². The van der Waals surface area contributed by atoms with Crippen molar-refractivity contribution in [1.29, 1.82) is 0 Å². The average molecular weight is 258 g/mol. The zero-order valence-corrected chi connectivity index (χ0v) is 12.0. The van der Waals surface area contributed by atoms with Gasteiger partial charge in [-0.1, -0.05) is 25.0 Å². The van der Waals surface area contributed by atoms with Crippen LogP contribution in [0.15, 0.2) is 24.3 Å². The molecule has 2 aliphatic rings. The van der Waals surface area contributed by atoms with E-state index in [1.54, 1.807) is 0 Å². The van der Waals surface area contributed by atoms with Crippen molar-refractivity contribution in [2.24, 2.45) is 17.6 Å². The van der Waals surface area contributed by atoms with Gasteiger partial charge < -0.3 is 11.1 Å². The number of benzene rings is 1. The molecule has 0 spiro atoms. The molecule has 2 unspecified atom stereocenters. The van der Waals surface area contributed by atoms with Gasteiger partial charge in [-0.05, 0) is 62.1 Å². The lowest BCUT2D eigenvalue weighted by atomic mass is 9.73. The number of rotatable bonds is 4.